The summed E-state index contributed by atoms with van der Waals surface area (Å²) in [5.74, 6) is -0.0319. The number of nitrogens with zero attached hydrogens (tertiary/aromatic N) is 2. The normalized spacial score (nSPS) is 13.9. The second-order valence-corrected chi connectivity index (χ2v) is 6.81. The van der Waals surface area contributed by atoms with E-state index >= 15 is 0 Å². The Hall–Kier alpha value is -1.40. The molecule has 0 fully saturated rings. The summed E-state index contributed by atoms with van der Waals surface area (Å²) in [6.07, 6.45) is 4.08. The zero-order valence-electron chi connectivity index (χ0n) is 10.3. The minimum atomic E-state index is -3.18. The van der Waals surface area contributed by atoms with Crippen LogP contribution in [0.3, 0.4) is 0 Å². The summed E-state index contributed by atoms with van der Waals surface area (Å²) in [6.45, 7) is 2.07. The largest absolute Gasteiger partial charge is 0.330 e. The smallest absolute Gasteiger partial charge is 0.158 e. The lowest BCUT2D eigenvalue weighted by Crippen LogP contribution is -2.22. The Morgan fingerprint density at radius 1 is 1.44 bits per heavy atom. The van der Waals surface area contributed by atoms with Crippen molar-refractivity contribution in [3.8, 4) is 0 Å². The van der Waals surface area contributed by atoms with Crippen molar-refractivity contribution in [3.05, 3.63) is 36.3 Å². The van der Waals surface area contributed by atoms with E-state index in [1.54, 1.807) is 13.1 Å². The first kappa shape index (κ1) is 13.0. The van der Waals surface area contributed by atoms with E-state index in [4.69, 9.17) is 5.73 Å². The van der Waals surface area contributed by atoms with Gasteiger partial charge in [0.05, 0.1) is 16.7 Å². The number of nitrogens with two attached hydrogens (primary N) is 1. The molecule has 0 bridgehead atoms. The molecule has 98 valence electrons. The number of aromatic nitrogens is 2. The van der Waals surface area contributed by atoms with Crippen molar-refractivity contribution in [3.63, 3.8) is 0 Å². The summed E-state index contributed by atoms with van der Waals surface area (Å²) in [7, 11) is -3.18. The van der Waals surface area contributed by atoms with E-state index < -0.39 is 15.1 Å². The van der Waals surface area contributed by atoms with Crippen LogP contribution in [0.5, 0.6) is 0 Å². The van der Waals surface area contributed by atoms with Gasteiger partial charge in [-0.1, -0.05) is 6.07 Å². The minimum absolute atomic E-state index is 0.0319. The number of hydrogen-bond donors (Lipinski definition) is 1. The Bertz CT molecular complexity index is 601. The van der Waals surface area contributed by atoms with Gasteiger partial charge in [-0.2, -0.15) is 0 Å². The van der Waals surface area contributed by atoms with Gasteiger partial charge in [0.1, 0.15) is 5.65 Å². The van der Waals surface area contributed by atoms with Gasteiger partial charge in [-0.05, 0) is 32.0 Å². The van der Waals surface area contributed by atoms with Gasteiger partial charge >= 0.3 is 0 Å². The van der Waals surface area contributed by atoms with Crippen LogP contribution in [-0.4, -0.2) is 29.6 Å². The number of rotatable bonds is 5. The molecule has 2 rings (SSSR count). The molecule has 2 aromatic rings. The molecule has 1 atom stereocenters. The Morgan fingerprint density at radius 3 is 2.89 bits per heavy atom. The second-order valence-electron chi connectivity index (χ2n) is 4.39. The first-order chi connectivity index (χ1) is 8.53. The fourth-order valence-corrected chi connectivity index (χ4v) is 3.15. The molecule has 0 aromatic carbocycles. The first-order valence-corrected chi connectivity index (χ1v) is 7.59. The predicted molar refractivity (Wildman–Crippen MR) is 70.9 cm³/mol. The van der Waals surface area contributed by atoms with E-state index in [2.05, 4.69) is 4.98 Å². The van der Waals surface area contributed by atoms with Crippen molar-refractivity contribution in [1.29, 1.82) is 0 Å². The summed E-state index contributed by atoms with van der Waals surface area (Å²) >= 11 is 0. The molecular formula is C12H17N3O2S. The van der Waals surface area contributed by atoms with E-state index in [1.165, 1.54) is 0 Å². The van der Waals surface area contributed by atoms with Crippen LogP contribution < -0.4 is 5.73 Å². The minimum Gasteiger partial charge on any atom is -0.330 e. The fourth-order valence-electron chi connectivity index (χ4n) is 1.82. The number of sulfone groups is 1. The summed E-state index contributed by atoms with van der Waals surface area (Å²) in [5, 5.41) is -0.424. The van der Waals surface area contributed by atoms with Gasteiger partial charge in [-0.3, -0.25) is 0 Å². The zero-order valence-corrected chi connectivity index (χ0v) is 11.1. The third-order valence-electron chi connectivity index (χ3n) is 2.95. The van der Waals surface area contributed by atoms with E-state index in [1.807, 2.05) is 28.8 Å². The van der Waals surface area contributed by atoms with Crippen molar-refractivity contribution in [2.75, 3.05) is 6.54 Å². The van der Waals surface area contributed by atoms with Crippen LogP contribution in [0.1, 0.15) is 19.0 Å². The van der Waals surface area contributed by atoms with E-state index in [9.17, 15) is 8.42 Å². The number of fused-ring (bicyclic) bond motifs is 1. The lowest BCUT2D eigenvalue weighted by molar-refractivity contribution is 0.577. The quantitative estimate of drug-likeness (QED) is 0.876. The van der Waals surface area contributed by atoms with Crippen molar-refractivity contribution in [1.82, 2.24) is 9.38 Å². The van der Waals surface area contributed by atoms with Crippen molar-refractivity contribution in [2.24, 2.45) is 5.73 Å². The molecule has 2 heterocycles. The van der Waals surface area contributed by atoms with Crippen molar-refractivity contribution >= 4 is 15.5 Å². The summed E-state index contributed by atoms with van der Waals surface area (Å²) in [4.78, 5) is 4.29. The topological polar surface area (TPSA) is 77.5 Å². The molecule has 5 nitrogen and oxygen atoms in total. The molecule has 2 N–H and O–H groups in total. The third-order valence-corrected chi connectivity index (χ3v) is 5.11. The Balaban J connectivity index is 2.23. The Kier molecular flexibility index (Phi) is 3.68. The molecular weight excluding hydrogens is 250 g/mol. The maximum absolute atomic E-state index is 12.1. The molecule has 0 amide bonds. The van der Waals surface area contributed by atoms with Gasteiger partial charge in [-0.25, -0.2) is 13.4 Å². The lowest BCUT2D eigenvalue weighted by atomic mass is 10.3. The molecule has 0 radical (unpaired) electrons. The van der Waals surface area contributed by atoms with Crippen LogP contribution in [-0.2, 0) is 15.6 Å². The summed E-state index contributed by atoms with van der Waals surface area (Å²) in [6, 6.07) is 5.60. The molecule has 2 aromatic heterocycles. The highest BCUT2D eigenvalue weighted by molar-refractivity contribution is 7.91. The maximum Gasteiger partial charge on any atom is 0.158 e. The van der Waals surface area contributed by atoms with Gasteiger partial charge in [0.25, 0.3) is 0 Å². The van der Waals surface area contributed by atoms with Crippen LogP contribution in [0.15, 0.2) is 30.6 Å². The van der Waals surface area contributed by atoms with Crippen LogP contribution in [0.25, 0.3) is 5.65 Å². The highest BCUT2D eigenvalue weighted by Crippen LogP contribution is 2.13. The number of hydrogen-bond acceptors (Lipinski definition) is 4. The highest BCUT2D eigenvalue weighted by atomic mass is 32.2. The Morgan fingerprint density at radius 2 is 2.22 bits per heavy atom. The van der Waals surface area contributed by atoms with E-state index in [0.717, 1.165) is 5.65 Å². The van der Waals surface area contributed by atoms with E-state index in [0.29, 0.717) is 18.7 Å². The van der Waals surface area contributed by atoms with Crippen LogP contribution in [0.4, 0.5) is 0 Å². The maximum atomic E-state index is 12.1. The molecule has 6 heteroatoms. The standard InChI is InChI=1S/C12H17N3O2S/c1-10(5-6-13)18(16,17)9-11-8-15-7-3-2-4-12(15)14-11/h2-4,7-8,10H,5-6,9,13H2,1H3. The van der Waals surface area contributed by atoms with Crippen LogP contribution in [0.2, 0.25) is 0 Å². The summed E-state index contributed by atoms with van der Waals surface area (Å²) < 4.78 is 25.9. The Labute approximate surface area is 107 Å². The molecule has 1 unspecified atom stereocenters. The molecule has 18 heavy (non-hydrogen) atoms. The highest BCUT2D eigenvalue weighted by Gasteiger charge is 2.21. The number of imidazole rings is 1. The van der Waals surface area contributed by atoms with Gasteiger partial charge in [0, 0.05) is 12.4 Å². The molecule has 0 saturated carbocycles. The van der Waals surface area contributed by atoms with Gasteiger partial charge in [0.2, 0.25) is 0 Å². The van der Waals surface area contributed by atoms with Crippen LogP contribution >= 0.6 is 0 Å². The number of pyridine rings is 1. The van der Waals surface area contributed by atoms with E-state index in [-0.39, 0.29) is 5.75 Å². The van der Waals surface area contributed by atoms with Crippen molar-refractivity contribution in [2.45, 2.75) is 24.3 Å². The molecule has 0 aliphatic heterocycles. The average molecular weight is 267 g/mol. The zero-order chi connectivity index (χ0) is 13.2. The molecule has 0 aliphatic carbocycles. The summed E-state index contributed by atoms with van der Waals surface area (Å²) in [5.41, 5.74) is 6.73. The first-order valence-electron chi connectivity index (χ1n) is 5.87. The monoisotopic (exact) mass is 267 g/mol. The average Bonchev–Trinajstić information content (AvgIpc) is 2.70. The second kappa shape index (κ2) is 5.07. The SMILES string of the molecule is CC(CCN)S(=O)(=O)Cc1cn2ccccc2n1. The van der Waals surface area contributed by atoms with Gasteiger partial charge in [0.15, 0.2) is 9.84 Å². The van der Waals surface area contributed by atoms with Crippen LogP contribution in [0, 0.1) is 0 Å². The third kappa shape index (κ3) is 2.70. The molecule has 0 saturated heterocycles. The molecule has 0 spiro atoms. The van der Waals surface area contributed by atoms with Gasteiger partial charge < -0.3 is 10.1 Å². The van der Waals surface area contributed by atoms with Crippen molar-refractivity contribution < 1.29 is 8.42 Å². The lowest BCUT2D eigenvalue weighted by Gasteiger charge is -2.09. The van der Waals surface area contributed by atoms with Gasteiger partial charge in [-0.15, -0.1) is 0 Å². The predicted octanol–water partition coefficient (Wildman–Crippen LogP) is 0.986. The fraction of sp³-hybridized carbons (Fsp3) is 0.417. The molecule has 0 aliphatic rings.